The van der Waals surface area contributed by atoms with E-state index in [9.17, 15) is 22.0 Å². The fourth-order valence-electron chi connectivity index (χ4n) is 4.06. The van der Waals surface area contributed by atoms with Gasteiger partial charge in [-0.15, -0.1) is 0 Å². The molecule has 0 atom stereocenters. The lowest BCUT2D eigenvalue weighted by atomic mass is 10.1. The minimum atomic E-state index is -3.85. The van der Waals surface area contributed by atoms with Crippen molar-refractivity contribution in [2.45, 2.75) is 10.7 Å². The normalized spacial score (nSPS) is 21.1. The van der Waals surface area contributed by atoms with Gasteiger partial charge in [0.1, 0.15) is 11.6 Å². The first-order valence-corrected chi connectivity index (χ1v) is 11.1. The number of rotatable bonds is 3. The quantitative estimate of drug-likeness (QED) is 0.707. The number of hydrogen-bond acceptors (Lipinski definition) is 6. The number of amides is 1. The van der Waals surface area contributed by atoms with Gasteiger partial charge in [0.2, 0.25) is 10.0 Å². The highest BCUT2D eigenvalue weighted by molar-refractivity contribution is 7.89. The van der Waals surface area contributed by atoms with Gasteiger partial charge < -0.3 is 14.2 Å². The molecular formula is C20H18F2N2O6S. The summed E-state index contributed by atoms with van der Waals surface area (Å²) in [5, 5.41) is 0. The minimum absolute atomic E-state index is 0.0355. The molecule has 0 saturated carbocycles. The molecule has 5 rings (SSSR count). The van der Waals surface area contributed by atoms with Crippen molar-refractivity contribution in [1.29, 1.82) is 0 Å². The van der Waals surface area contributed by atoms with Crippen LogP contribution in [0.25, 0.3) is 0 Å². The standard InChI is InChI=1S/C20H18F2N2O6S/c21-13-9-14(22)11-15(10-13)24-18-2-1-16(31(26,27)23-3-5-28-6-4-23)12-17(18)20(19(24)25)29-7-8-30-20/h1-2,9-12H,3-8H2. The molecule has 2 aromatic carbocycles. The molecule has 31 heavy (non-hydrogen) atoms. The molecule has 0 aromatic heterocycles. The summed E-state index contributed by atoms with van der Waals surface area (Å²) in [6, 6.07) is 6.82. The van der Waals surface area contributed by atoms with E-state index in [2.05, 4.69) is 0 Å². The molecule has 3 heterocycles. The van der Waals surface area contributed by atoms with Gasteiger partial charge in [-0.1, -0.05) is 0 Å². The van der Waals surface area contributed by atoms with Crippen LogP contribution in [0.5, 0.6) is 0 Å². The predicted octanol–water partition coefficient (Wildman–Crippen LogP) is 1.86. The molecule has 0 unspecified atom stereocenters. The molecule has 8 nitrogen and oxygen atoms in total. The number of carbonyl (C=O) groups excluding carboxylic acids is 1. The third-order valence-corrected chi connectivity index (χ3v) is 7.35. The van der Waals surface area contributed by atoms with E-state index in [0.717, 1.165) is 17.0 Å². The number of morpholine rings is 1. The molecule has 164 valence electrons. The smallest absolute Gasteiger partial charge is 0.297 e. The molecule has 1 amide bonds. The van der Waals surface area contributed by atoms with Gasteiger partial charge in [-0.2, -0.15) is 4.31 Å². The molecule has 11 heteroatoms. The van der Waals surface area contributed by atoms with Gasteiger partial charge in [0.25, 0.3) is 11.7 Å². The Morgan fingerprint density at radius 1 is 0.903 bits per heavy atom. The van der Waals surface area contributed by atoms with Crippen molar-refractivity contribution in [3.8, 4) is 0 Å². The van der Waals surface area contributed by atoms with Gasteiger partial charge in [-0.05, 0) is 30.3 Å². The number of hydrogen-bond donors (Lipinski definition) is 0. The van der Waals surface area contributed by atoms with Crippen molar-refractivity contribution in [2.24, 2.45) is 0 Å². The maximum Gasteiger partial charge on any atom is 0.297 e. The molecule has 3 aliphatic heterocycles. The van der Waals surface area contributed by atoms with Crippen LogP contribution < -0.4 is 4.90 Å². The number of anilines is 2. The number of sulfonamides is 1. The van der Waals surface area contributed by atoms with Crippen molar-refractivity contribution in [3.63, 3.8) is 0 Å². The maximum atomic E-state index is 13.8. The number of carbonyl (C=O) groups is 1. The van der Waals surface area contributed by atoms with Gasteiger partial charge in [0.05, 0.1) is 42.7 Å². The maximum absolute atomic E-state index is 13.8. The van der Waals surface area contributed by atoms with Gasteiger partial charge in [-0.25, -0.2) is 17.2 Å². The number of ether oxygens (including phenoxy) is 3. The van der Waals surface area contributed by atoms with Crippen LogP contribution in [0.15, 0.2) is 41.3 Å². The lowest BCUT2D eigenvalue weighted by Gasteiger charge is -2.26. The summed E-state index contributed by atoms with van der Waals surface area (Å²) >= 11 is 0. The first-order valence-electron chi connectivity index (χ1n) is 9.64. The second-order valence-corrected chi connectivity index (χ2v) is 9.22. The van der Waals surface area contributed by atoms with Crippen LogP contribution in [0, 0.1) is 11.6 Å². The molecule has 1 spiro atoms. The third-order valence-electron chi connectivity index (χ3n) is 5.46. The molecule has 0 aliphatic carbocycles. The van der Waals surface area contributed by atoms with Gasteiger partial charge in [0.15, 0.2) is 0 Å². The monoisotopic (exact) mass is 452 g/mol. The van der Waals surface area contributed by atoms with Crippen molar-refractivity contribution in [1.82, 2.24) is 4.31 Å². The second kappa shape index (κ2) is 7.31. The van der Waals surface area contributed by atoms with Crippen molar-refractivity contribution in [2.75, 3.05) is 44.4 Å². The SMILES string of the molecule is O=C1N(c2cc(F)cc(F)c2)c2ccc(S(=O)(=O)N3CCOCC3)cc2C12OCCO2. The van der Waals surface area contributed by atoms with E-state index < -0.39 is 33.4 Å². The Morgan fingerprint density at radius 3 is 2.19 bits per heavy atom. The van der Waals surface area contributed by atoms with E-state index in [1.165, 1.54) is 22.5 Å². The highest BCUT2D eigenvalue weighted by atomic mass is 32.2. The third kappa shape index (κ3) is 3.15. The number of benzene rings is 2. The van der Waals surface area contributed by atoms with E-state index in [-0.39, 0.29) is 61.4 Å². The Bertz CT molecular complexity index is 1140. The summed E-state index contributed by atoms with van der Waals surface area (Å²) in [7, 11) is -3.85. The lowest BCUT2D eigenvalue weighted by Crippen LogP contribution is -2.41. The molecule has 3 aliphatic rings. The molecule has 2 fully saturated rings. The zero-order valence-corrected chi connectivity index (χ0v) is 17.0. The second-order valence-electron chi connectivity index (χ2n) is 7.28. The van der Waals surface area contributed by atoms with Crippen molar-refractivity contribution in [3.05, 3.63) is 53.6 Å². The Hall–Kier alpha value is -2.44. The van der Waals surface area contributed by atoms with Crippen LogP contribution in [0.1, 0.15) is 5.56 Å². The Labute approximate surface area is 177 Å². The van der Waals surface area contributed by atoms with Crippen LogP contribution in [0.3, 0.4) is 0 Å². The first kappa shape index (κ1) is 20.5. The average Bonchev–Trinajstić information content (AvgIpc) is 3.33. The minimum Gasteiger partial charge on any atom is -0.379 e. The lowest BCUT2D eigenvalue weighted by molar-refractivity contribution is -0.180. The van der Waals surface area contributed by atoms with Crippen LogP contribution in [-0.2, 0) is 34.8 Å². The van der Waals surface area contributed by atoms with E-state index in [1.54, 1.807) is 0 Å². The average molecular weight is 452 g/mol. The molecular weight excluding hydrogens is 434 g/mol. The number of nitrogens with zero attached hydrogens (tertiary/aromatic N) is 2. The van der Waals surface area contributed by atoms with Crippen LogP contribution in [0.2, 0.25) is 0 Å². The van der Waals surface area contributed by atoms with Gasteiger partial charge >= 0.3 is 0 Å². The van der Waals surface area contributed by atoms with E-state index >= 15 is 0 Å². The summed E-state index contributed by atoms with van der Waals surface area (Å²) in [6.07, 6.45) is 0. The number of halogens is 2. The van der Waals surface area contributed by atoms with Gasteiger partial charge in [0, 0.05) is 24.7 Å². The summed E-state index contributed by atoms with van der Waals surface area (Å²) in [4.78, 5) is 14.4. The first-order chi connectivity index (χ1) is 14.8. The summed E-state index contributed by atoms with van der Waals surface area (Å²) in [5.74, 6) is -4.28. The van der Waals surface area contributed by atoms with Crippen molar-refractivity contribution < 1.29 is 36.2 Å². The van der Waals surface area contributed by atoms with Crippen LogP contribution in [0.4, 0.5) is 20.2 Å². The highest BCUT2D eigenvalue weighted by Crippen LogP contribution is 2.49. The van der Waals surface area contributed by atoms with E-state index in [0.29, 0.717) is 6.07 Å². The fraction of sp³-hybridized carbons (Fsp3) is 0.350. The Morgan fingerprint density at radius 2 is 1.55 bits per heavy atom. The Kier molecular flexibility index (Phi) is 4.83. The zero-order chi connectivity index (χ0) is 21.8. The van der Waals surface area contributed by atoms with E-state index in [4.69, 9.17) is 14.2 Å². The summed E-state index contributed by atoms with van der Waals surface area (Å²) in [6.45, 7) is 1.22. The number of fused-ring (bicyclic) bond motifs is 2. The van der Waals surface area contributed by atoms with E-state index in [1.807, 2.05) is 0 Å². The van der Waals surface area contributed by atoms with Gasteiger partial charge in [-0.3, -0.25) is 9.69 Å². The molecule has 2 aromatic rings. The van der Waals surface area contributed by atoms with Crippen LogP contribution in [-0.4, -0.2) is 58.1 Å². The molecule has 2 saturated heterocycles. The summed E-state index contributed by atoms with van der Waals surface area (Å²) in [5.41, 5.74) is 0.357. The predicted molar refractivity (Wildman–Crippen MR) is 103 cm³/mol. The largest absolute Gasteiger partial charge is 0.379 e. The van der Waals surface area contributed by atoms with Crippen molar-refractivity contribution >= 4 is 27.3 Å². The topological polar surface area (TPSA) is 85.4 Å². The molecule has 0 radical (unpaired) electrons. The molecule has 0 N–H and O–H groups in total. The fourth-order valence-corrected chi connectivity index (χ4v) is 5.49. The zero-order valence-electron chi connectivity index (χ0n) is 16.2. The molecule has 0 bridgehead atoms. The Balaban J connectivity index is 1.64. The highest BCUT2D eigenvalue weighted by Gasteiger charge is 2.57. The van der Waals surface area contributed by atoms with Crippen LogP contribution >= 0.6 is 0 Å². The summed E-state index contributed by atoms with van der Waals surface area (Å²) < 4.78 is 71.7.